The summed E-state index contributed by atoms with van der Waals surface area (Å²) >= 11 is 1.25. The Morgan fingerprint density at radius 3 is 2.88 bits per heavy atom. The number of amides is 2. The van der Waals surface area contributed by atoms with Gasteiger partial charge in [0.15, 0.2) is 5.13 Å². The minimum Gasteiger partial charge on any atom is -0.347 e. The first-order chi connectivity index (χ1) is 11.6. The van der Waals surface area contributed by atoms with Crippen molar-refractivity contribution in [2.75, 3.05) is 18.4 Å². The summed E-state index contributed by atoms with van der Waals surface area (Å²) in [5, 5.41) is 7.73. The summed E-state index contributed by atoms with van der Waals surface area (Å²) in [5.41, 5.74) is 1.63. The quantitative estimate of drug-likeness (QED) is 0.871. The number of hydrogen-bond acceptors (Lipinski definition) is 5. The number of hydrogen-bond donors (Lipinski definition) is 2. The molecular weight excluding hydrogens is 324 g/mol. The molecule has 0 bridgehead atoms. The topological polar surface area (TPSA) is 74.3 Å². The van der Waals surface area contributed by atoms with E-state index in [2.05, 4.69) is 32.7 Å². The zero-order valence-electron chi connectivity index (χ0n) is 13.5. The zero-order valence-corrected chi connectivity index (χ0v) is 14.3. The molecular formula is C17H20N4O2S. The summed E-state index contributed by atoms with van der Waals surface area (Å²) in [5.74, 6) is -0.377. The number of nitrogens with one attached hydrogen (secondary N) is 2. The number of likely N-dealkylation sites (tertiary alicyclic amines) is 1. The highest BCUT2D eigenvalue weighted by Gasteiger charge is 2.25. The molecule has 0 spiro atoms. The molecule has 1 aliphatic rings. The molecule has 7 heteroatoms. The lowest BCUT2D eigenvalue weighted by molar-refractivity contribution is -0.114. The molecule has 2 aromatic rings. The third-order valence-corrected chi connectivity index (χ3v) is 4.63. The fourth-order valence-corrected chi connectivity index (χ4v) is 3.52. The molecule has 1 atom stereocenters. The summed E-state index contributed by atoms with van der Waals surface area (Å²) in [6.45, 7) is 4.12. The lowest BCUT2D eigenvalue weighted by Crippen LogP contribution is -2.37. The first kappa shape index (κ1) is 16.6. The van der Waals surface area contributed by atoms with Crippen LogP contribution in [0, 0.1) is 0 Å². The van der Waals surface area contributed by atoms with Gasteiger partial charge >= 0.3 is 0 Å². The van der Waals surface area contributed by atoms with Crippen molar-refractivity contribution < 1.29 is 9.59 Å². The van der Waals surface area contributed by atoms with Gasteiger partial charge in [-0.2, -0.15) is 0 Å². The van der Waals surface area contributed by atoms with Crippen LogP contribution < -0.4 is 10.6 Å². The van der Waals surface area contributed by atoms with Crippen LogP contribution in [0.2, 0.25) is 0 Å². The highest BCUT2D eigenvalue weighted by atomic mass is 32.1. The Hall–Kier alpha value is -2.25. The molecule has 0 radical (unpaired) electrons. The molecule has 2 heterocycles. The average Bonchev–Trinajstić information content (AvgIpc) is 3.17. The fourth-order valence-electron chi connectivity index (χ4n) is 2.78. The van der Waals surface area contributed by atoms with Gasteiger partial charge in [0.1, 0.15) is 5.69 Å². The molecule has 0 unspecified atom stereocenters. The number of nitrogens with zero attached hydrogens (tertiary/aromatic N) is 2. The molecule has 6 nitrogen and oxygen atoms in total. The lowest BCUT2D eigenvalue weighted by atomic mass is 10.2. The van der Waals surface area contributed by atoms with Gasteiger partial charge in [-0.25, -0.2) is 4.98 Å². The van der Waals surface area contributed by atoms with Crippen molar-refractivity contribution in [2.45, 2.75) is 25.9 Å². The summed E-state index contributed by atoms with van der Waals surface area (Å²) in [6, 6.07) is 10.5. The number of aromatic nitrogens is 1. The molecule has 1 aromatic carbocycles. The Kier molecular flexibility index (Phi) is 5.22. The zero-order chi connectivity index (χ0) is 16.9. The number of thiazole rings is 1. The van der Waals surface area contributed by atoms with E-state index in [1.807, 2.05) is 18.2 Å². The van der Waals surface area contributed by atoms with Crippen LogP contribution >= 0.6 is 11.3 Å². The molecule has 1 aromatic heterocycles. The minimum atomic E-state index is -0.191. The largest absolute Gasteiger partial charge is 0.347 e. The maximum atomic E-state index is 12.3. The van der Waals surface area contributed by atoms with Crippen LogP contribution in [-0.4, -0.2) is 40.8 Å². The van der Waals surface area contributed by atoms with E-state index in [4.69, 9.17) is 0 Å². The van der Waals surface area contributed by atoms with Crippen molar-refractivity contribution in [2.24, 2.45) is 0 Å². The summed E-state index contributed by atoms with van der Waals surface area (Å²) in [7, 11) is 0. The monoisotopic (exact) mass is 344 g/mol. The van der Waals surface area contributed by atoms with Gasteiger partial charge in [-0.1, -0.05) is 30.3 Å². The van der Waals surface area contributed by atoms with Crippen LogP contribution in [0.25, 0.3) is 0 Å². The molecule has 3 rings (SSSR count). The Balaban J connectivity index is 1.50. The number of carbonyl (C=O) groups is 2. The lowest BCUT2D eigenvalue weighted by Gasteiger charge is -2.16. The molecule has 1 saturated heterocycles. The number of carbonyl (C=O) groups excluding carboxylic acids is 2. The van der Waals surface area contributed by atoms with Gasteiger partial charge < -0.3 is 10.6 Å². The third kappa shape index (κ3) is 4.39. The molecule has 126 valence electrons. The second kappa shape index (κ2) is 7.55. The van der Waals surface area contributed by atoms with E-state index in [0.717, 1.165) is 26.1 Å². The van der Waals surface area contributed by atoms with E-state index in [1.54, 1.807) is 5.38 Å². The summed E-state index contributed by atoms with van der Waals surface area (Å²) in [4.78, 5) is 29.8. The Morgan fingerprint density at radius 1 is 1.33 bits per heavy atom. The van der Waals surface area contributed by atoms with Gasteiger partial charge in [0.2, 0.25) is 5.91 Å². The fraction of sp³-hybridized carbons (Fsp3) is 0.353. The van der Waals surface area contributed by atoms with E-state index in [1.165, 1.54) is 23.8 Å². The van der Waals surface area contributed by atoms with Gasteiger partial charge in [-0.15, -0.1) is 11.3 Å². The van der Waals surface area contributed by atoms with Crippen molar-refractivity contribution in [3.05, 3.63) is 47.0 Å². The van der Waals surface area contributed by atoms with Crippen LogP contribution in [0.15, 0.2) is 35.7 Å². The van der Waals surface area contributed by atoms with Crippen LogP contribution in [-0.2, 0) is 11.3 Å². The second-order valence-corrected chi connectivity index (χ2v) is 6.76. The molecule has 24 heavy (non-hydrogen) atoms. The van der Waals surface area contributed by atoms with Crippen LogP contribution in [0.3, 0.4) is 0 Å². The van der Waals surface area contributed by atoms with E-state index in [-0.39, 0.29) is 17.9 Å². The standard InChI is InChI=1S/C17H20N4O2S/c1-12(22)18-17-20-15(11-24-17)16(23)19-14-7-8-21(10-14)9-13-5-3-2-4-6-13/h2-6,11,14H,7-10H2,1H3,(H,19,23)(H,18,20,22)/t14-/m1/s1. The van der Waals surface area contributed by atoms with Gasteiger partial charge in [-0.3, -0.25) is 14.5 Å². The van der Waals surface area contributed by atoms with Crippen molar-refractivity contribution >= 4 is 28.3 Å². The van der Waals surface area contributed by atoms with Crippen molar-refractivity contribution in [3.63, 3.8) is 0 Å². The predicted molar refractivity (Wildman–Crippen MR) is 94.0 cm³/mol. The summed E-state index contributed by atoms with van der Waals surface area (Å²) in [6.07, 6.45) is 0.932. The SMILES string of the molecule is CC(=O)Nc1nc(C(=O)N[C@@H]2CCN(Cc3ccccc3)C2)cs1. The van der Waals surface area contributed by atoms with Gasteiger partial charge in [0.25, 0.3) is 5.91 Å². The van der Waals surface area contributed by atoms with Crippen LogP contribution in [0.1, 0.15) is 29.4 Å². The maximum absolute atomic E-state index is 12.3. The smallest absolute Gasteiger partial charge is 0.271 e. The first-order valence-electron chi connectivity index (χ1n) is 7.90. The highest BCUT2D eigenvalue weighted by molar-refractivity contribution is 7.14. The van der Waals surface area contributed by atoms with Crippen LogP contribution in [0.5, 0.6) is 0 Å². The molecule has 1 aliphatic heterocycles. The highest BCUT2D eigenvalue weighted by Crippen LogP contribution is 2.17. The third-order valence-electron chi connectivity index (χ3n) is 3.88. The van der Waals surface area contributed by atoms with E-state index < -0.39 is 0 Å². The Morgan fingerprint density at radius 2 is 2.12 bits per heavy atom. The number of rotatable bonds is 5. The normalized spacial score (nSPS) is 17.6. The maximum Gasteiger partial charge on any atom is 0.271 e. The molecule has 1 fully saturated rings. The number of benzene rings is 1. The molecule has 0 aliphatic carbocycles. The predicted octanol–water partition coefficient (Wildman–Crippen LogP) is 2.11. The van der Waals surface area contributed by atoms with Crippen LogP contribution in [0.4, 0.5) is 5.13 Å². The second-order valence-electron chi connectivity index (χ2n) is 5.90. The molecule has 2 N–H and O–H groups in total. The first-order valence-corrected chi connectivity index (χ1v) is 8.78. The molecule has 0 saturated carbocycles. The van der Waals surface area contributed by atoms with E-state index >= 15 is 0 Å². The number of anilines is 1. The van der Waals surface area contributed by atoms with Crippen molar-refractivity contribution in [3.8, 4) is 0 Å². The van der Waals surface area contributed by atoms with Crippen molar-refractivity contribution in [1.29, 1.82) is 0 Å². The van der Waals surface area contributed by atoms with Gasteiger partial charge in [0, 0.05) is 38.0 Å². The van der Waals surface area contributed by atoms with Gasteiger partial charge in [0.05, 0.1) is 0 Å². The Bertz CT molecular complexity index is 716. The summed E-state index contributed by atoms with van der Waals surface area (Å²) < 4.78 is 0. The Labute approximate surface area is 144 Å². The van der Waals surface area contributed by atoms with E-state index in [0.29, 0.717) is 10.8 Å². The van der Waals surface area contributed by atoms with Gasteiger partial charge in [-0.05, 0) is 12.0 Å². The van der Waals surface area contributed by atoms with E-state index in [9.17, 15) is 9.59 Å². The molecule has 2 amide bonds. The minimum absolute atomic E-state index is 0.132. The van der Waals surface area contributed by atoms with Crippen molar-refractivity contribution in [1.82, 2.24) is 15.2 Å². The average molecular weight is 344 g/mol.